The van der Waals surface area contributed by atoms with Gasteiger partial charge in [-0.3, -0.25) is 4.21 Å². The highest BCUT2D eigenvalue weighted by Crippen LogP contribution is 2.26. The molecule has 2 aromatic rings. The summed E-state index contributed by atoms with van der Waals surface area (Å²) in [7, 11) is -0.821. The summed E-state index contributed by atoms with van der Waals surface area (Å²) in [5.41, 5.74) is 0. The van der Waals surface area contributed by atoms with Gasteiger partial charge in [0.1, 0.15) is 10.6 Å². The van der Waals surface area contributed by atoms with Gasteiger partial charge in [-0.1, -0.05) is 0 Å². The average molecular weight is 298 g/mol. The second-order valence-corrected chi connectivity index (χ2v) is 6.73. The van der Waals surface area contributed by atoms with E-state index in [0.29, 0.717) is 11.7 Å². The maximum Gasteiger partial charge on any atom is 0.226 e. The SMILES string of the molecule is CCNc1nc(NC(C)CS(C)=O)c2ccsc2n1. The van der Waals surface area contributed by atoms with E-state index >= 15 is 0 Å². The van der Waals surface area contributed by atoms with Crippen LogP contribution in [-0.2, 0) is 10.8 Å². The number of anilines is 2. The quantitative estimate of drug-likeness (QED) is 0.856. The summed E-state index contributed by atoms with van der Waals surface area (Å²) in [5.74, 6) is 2.04. The van der Waals surface area contributed by atoms with E-state index in [4.69, 9.17) is 0 Å². The first-order valence-electron chi connectivity index (χ1n) is 6.15. The van der Waals surface area contributed by atoms with Crippen LogP contribution in [-0.4, -0.2) is 38.8 Å². The first-order chi connectivity index (χ1) is 9.10. The third-order valence-electron chi connectivity index (χ3n) is 2.53. The average Bonchev–Trinajstić information content (AvgIpc) is 2.76. The third kappa shape index (κ3) is 3.63. The summed E-state index contributed by atoms with van der Waals surface area (Å²) in [6.45, 7) is 4.80. The van der Waals surface area contributed by atoms with Gasteiger partial charge in [-0.2, -0.15) is 4.98 Å². The summed E-state index contributed by atoms with van der Waals surface area (Å²) < 4.78 is 11.3. The Morgan fingerprint density at radius 2 is 2.26 bits per heavy atom. The largest absolute Gasteiger partial charge is 0.366 e. The molecule has 0 amide bonds. The van der Waals surface area contributed by atoms with Gasteiger partial charge in [0.15, 0.2) is 0 Å². The van der Waals surface area contributed by atoms with E-state index in [9.17, 15) is 4.21 Å². The molecule has 2 N–H and O–H groups in total. The van der Waals surface area contributed by atoms with Gasteiger partial charge in [-0.25, -0.2) is 4.98 Å². The van der Waals surface area contributed by atoms with E-state index in [1.165, 1.54) is 0 Å². The van der Waals surface area contributed by atoms with Gasteiger partial charge in [0.2, 0.25) is 5.95 Å². The zero-order chi connectivity index (χ0) is 13.8. The maximum atomic E-state index is 11.3. The van der Waals surface area contributed by atoms with Crippen molar-refractivity contribution >= 4 is 44.1 Å². The molecule has 0 aliphatic heterocycles. The Labute approximate surface area is 119 Å². The highest BCUT2D eigenvalue weighted by atomic mass is 32.2. The predicted molar refractivity (Wildman–Crippen MR) is 83.6 cm³/mol. The topological polar surface area (TPSA) is 66.9 Å². The molecule has 0 aliphatic carbocycles. The van der Waals surface area contributed by atoms with Crippen LogP contribution in [0.5, 0.6) is 0 Å². The molecule has 0 aliphatic rings. The molecule has 0 fully saturated rings. The minimum Gasteiger partial charge on any atom is -0.366 e. The lowest BCUT2D eigenvalue weighted by Crippen LogP contribution is -2.23. The Hall–Kier alpha value is -1.21. The number of aromatic nitrogens is 2. The first kappa shape index (κ1) is 14.2. The van der Waals surface area contributed by atoms with Crippen LogP contribution in [0, 0.1) is 0 Å². The Kier molecular flexibility index (Phi) is 4.71. The molecule has 19 heavy (non-hydrogen) atoms. The van der Waals surface area contributed by atoms with Gasteiger partial charge in [0.05, 0.1) is 5.39 Å². The third-order valence-corrected chi connectivity index (χ3v) is 4.30. The normalized spacial score (nSPS) is 14.3. The Morgan fingerprint density at radius 3 is 2.95 bits per heavy atom. The molecule has 2 rings (SSSR count). The first-order valence-corrected chi connectivity index (χ1v) is 8.76. The van der Waals surface area contributed by atoms with Crippen molar-refractivity contribution in [1.29, 1.82) is 0 Å². The molecule has 2 heterocycles. The highest BCUT2D eigenvalue weighted by Gasteiger charge is 2.11. The molecule has 0 spiro atoms. The van der Waals surface area contributed by atoms with Crippen LogP contribution in [0.1, 0.15) is 13.8 Å². The molecule has 2 atom stereocenters. The fourth-order valence-electron chi connectivity index (χ4n) is 1.83. The molecule has 0 radical (unpaired) electrons. The monoisotopic (exact) mass is 298 g/mol. The van der Waals surface area contributed by atoms with Crippen LogP contribution in [0.25, 0.3) is 10.2 Å². The number of hydrogen-bond acceptors (Lipinski definition) is 6. The minimum absolute atomic E-state index is 0.110. The number of fused-ring (bicyclic) bond motifs is 1. The van der Waals surface area contributed by atoms with E-state index in [1.807, 2.05) is 25.3 Å². The Morgan fingerprint density at radius 1 is 1.47 bits per heavy atom. The molecule has 0 aromatic carbocycles. The zero-order valence-electron chi connectivity index (χ0n) is 11.3. The molecule has 5 nitrogen and oxygen atoms in total. The van der Waals surface area contributed by atoms with Gasteiger partial charge in [-0.15, -0.1) is 11.3 Å². The number of nitrogens with one attached hydrogen (secondary N) is 2. The fraction of sp³-hybridized carbons (Fsp3) is 0.500. The molecule has 0 bridgehead atoms. The van der Waals surface area contributed by atoms with Crippen molar-refractivity contribution in [3.8, 4) is 0 Å². The number of thiophene rings is 1. The van der Waals surface area contributed by atoms with Crippen molar-refractivity contribution in [2.75, 3.05) is 29.2 Å². The van der Waals surface area contributed by atoms with Crippen LogP contribution in [0.2, 0.25) is 0 Å². The van der Waals surface area contributed by atoms with E-state index < -0.39 is 10.8 Å². The van der Waals surface area contributed by atoms with E-state index in [2.05, 4.69) is 20.6 Å². The molecular formula is C12H18N4OS2. The molecular weight excluding hydrogens is 280 g/mol. The van der Waals surface area contributed by atoms with Gasteiger partial charge in [0.25, 0.3) is 0 Å². The second kappa shape index (κ2) is 6.29. The van der Waals surface area contributed by atoms with Crippen LogP contribution in [0.15, 0.2) is 11.4 Å². The van der Waals surface area contributed by atoms with Crippen LogP contribution < -0.4 is 10.6 Å². The van der Waals surface area contributed by atoms with Crippen LogP contribution >= 0.6 is 11.3 Å². The summed E-state index contributed by atoms with van der Waals surface area (Å²) >= 11 is 1.59. The smallest absolute Gasteiger partial charge is 0.226 e. The van der Waals surface area contributed by atoms with E-state index in [1.54, 1.807) is 17.6 Å². The van der Waals surface area contributed by atoms with E-state index in [0.717, 1.165) is 22.6 Å². The maximum absolute atomic E-state index is 11.3. The van der Waals surface area contributed by atoms with Gasteiger partial charge < -0.3 is 10.6 Å². The standard InChI is InChI=1S/C12H18N4OS2/c1-4-13-12-15-10(14-8(2)7-19(3)17)9-5-6-18-11(9)16-12/h5-6,8H,4,7H2,1-3H3,(H2,13,14,15,16). The van der Waals surface area contributed by atoms with Crippen LogP contribution in [0.4, 0.5) is 11.8 Å². The van der Waals surface area contributed by atoms with Crippen LogP contribution in [0.3, 0.4) is 0 Å². The molecule has 2 aromatic heterocycles. The lowest BCUT2D eigenvalue weighted by Gasteiger charge is -2.14. The van der Waals surface area contributed by atoms with Gasteiger partial charge >= 0.3 is 0 Å². The predicted octanol–water partition coefficient (Wildman–Crippen LogP) is 2.30. The van der Waals surface area contributed by atoms with Crippen molar-refractivity contribution in [3.05, 3.63) is 11.4 Å². The number of hydrogen-bond donors (Lipinski definition) is 2. The second-order valence-electron chi connectivity index (χ2n) is 4.35. The molecule has 0 saturated carbocycles. The summed E-state index contributed by atoms with van der Waals surface area (Å²) in [6, 6.07) is 2.12. The lowest BCUT2D eigenvalue weighted by atomic mass is 10.3. The van der Waals surface area contributed by atoms with Crippen molar-refractivity contribution in [3.63, 3.8) is 0 Å². The molecule has 0 saturated heterocycles. The summed E-state index contributed by atoms with van der Waals surface area (Å²) in [4.78, 5) is 9.89. The molecule has 7 heteroatoms. The van der Waals surface area contributed by atoms with Gasteiger partial charge in [0, 0.05) is 35.4 Å². The van der Waals surface area contributed by atoms with E-state index in [-0.39, 0.29) is 6.04 Å². The molecule has 104 valence electrons. The van der Waals surface area contributed by atoms with Crippen molar-refractivity contribution in [2.24, 2.45) is 0 Å². The highest BCUT2D eigenvalue weighted by molar-refractivity contribution is 7.84. The summed E-state index contributed by atoms with van der Waals surface area (Å²) in [5, 5.41) is 9.47. The Bertz CT molecular complexity index is 584. The molecule has 2 unspecified atom stereocenters. The van der Waals surface area contributed by atoms with Crippen molar-refractivity contribution in [2.45, 2.75) is 19.9 Å². The Balaban J connectivity index is 2.29. The van der Waals surface area contributed by atoms with Crippen molar-refractivity contribution in [1.82, 2.24) is 9.97 Å². The fourth-order valence-corrected chi connectivity index (χ4v) is 3.38. The van der Waals surface area contributed by atoms with Crippen molar-refractivity contribution < 1.29 is 4.21 Å². The minimum atomic E-state index is -0.821. The zero-order valence-corrected chi connectivity index (χ0v) is 12.9. The van der Waals surface area contributed by atoms with Gasteiger partial charge in [-0.05, 0) is 25.3 Å². The number of nitrogens with zero attached hydrogens (tertiary/aromatic N) is 2. The lowest BCUT2D eigenvalue weighted by molar-refractivity contribution is 0.683. The number of rotatable bonds is 6. The summed E-state index contributed by atoms with van der Waals surface area (Å²) in [6.07, 6.45) is 1.71.